The van der Waals surface area contributed by atoms with Crippen molar-refractivity contribution in [2.75, 3.05) is 0 Å². The van der Waals surface area contributed by atoms with Gasteiger partial charge >= 0.3 is 29.6 Å². The first-order valence-corrected chi connectivity index (χ1v) is 4.56. The van der Waals surface area contributed by atoms with Crippen molar-refractivity contribution in [3.05, 3.63) is 29.8 Å². The van der Waals surface area contributed by atoms with Crippen LogP contribution in [0.1, 0.15) is 5.56 Å². The van der Waals surface area contributed by atoms with Crippen LogP contribution in [-0.2, 0) is 10.0 Å². The van der Waals surface area contributed by atoms with Crippen LogP contribution in [0, 0.1) is 13.0 Å². The standard InChI is InChI=1S/C7H8NO2S.Na/c1-6-2-4-7(5-3-6)11(8,9)10;/h2,4-5H,1H3,(H2,8,9,10);/q-1;+1. The third-order valence-corrected chi connectivity index (χ3v) is 2.18. The van der Waals surface area contributed by atoms with Gasteiger partial charge in [0.05, 0.1) is 0 Å². The summed E-state index contributed by atoms with van der Waals surface area (Å²) in [7, 11) is -3.55. The summed E-state index contributed by atoms with van der Waals surface area (Å²) in [4.78, 5) is 0.100. The molecular formula is C7H8NNaO2S. The summed E-state index contributed by atoms with van der Waals surface area (Å²) >= 11 is 0. The van der Waals surface area contributed by atoms with E-state index in [0.717, 1.165) is 5.56 Å². The van der Waals surface area contributed by atoms with Crippen molar-refractivity contribution >= 4 is 10.0 Å². The van der Waals surface area contributed by atoms with E-state index in [9.17, 15) is 8.42 Å². The van der Waals surface area contributed by atoms with Gasteiger partial charge in [0.1, 0.15) is 0 Å². The second kappa shape index (κ2) is 4.39. The predicted octanol–water partition coefficient (Wildman–Crippen LogP) is -2.55. The molecule has 1 rings (SSSR count). The van der Waals surface area contributed by atoms with Crippen LogP contribution in [0.2, 0.25) is 0 Å². The van der Waals surface area contributed by atoms with Crippen LogP contribution < -0.4 is 34.7 Å². The van der Waals surface area contributed by atoms with Gasteiger partial charge in [0.15, 0.2) is 10.0 Å². The molecule has 0 bridgehead atoms. The third kappa shape index (κ3) is 3.25. The zero-order valence-electron chi connectivity index (χ0n) is 7.03. The van der Waals surface area contributed by atoms with Crippen LogP contribution in [0.5, 0.6) is 0 Å². The summed E-state index contributed by atoms with van der Waals surface area (Å²) in [5, 5.41) is 4.86. The number of sulfonamides is 1. The maximum Gasteiger partial charge on any atom is 1.00 e. The fraction of sp³-hybridized carbons (Fsp3) is 0.143. The van der Waals surface area contributed by atoms with Crippen molar-refractivity contribution in [3.8, 4) is 0 Å². The van der Waals surface area contributed by atoms with Crippen LogP contribution in [0.15, 0.2) is 23.1 Å². The topological polar surface area (TPSA) is 60.2 Å². The number of nitrogens with two attached hydrogens (primary N) is 1. The molecule has 0 radical (unpaired) electrons. The molecule has 3 nitrogen and oxygen atoms in total. The summed E-state index contributed by atoms with van der Waals surface area (Å²) < 4.78 is 21.4. The van der Waals surface area contributed by atoms with Gasteiger partial charge in [-0.3, -0.25) is 0 Å². The molecule has 5 heteroatoms. The monoisotopic (exact) mass is 193 g/mol. The first-order valence-electron chi connectivity index (χ1n) is 3.01. The molecule has 1 aromatic rings. The molecule has 0 saturated carbocycles. The van der Waals surface area contributed by atoms with Crippen LogP contribution >= 0.6 is 0 Å². The van der Waals surface area contributed by atoms with E-state index in [1.165, 1.54) is 12.1 Å². The molecule has 0 saturated heterocycles. The summed E-state index contributed by atoms with van der Waals surface area (Å²) in [5.74, 6) is 0. The van der Waals surface area contributed by atoms with Crippen molar-refractivity contribution in [2.24, 2.45) is 5.14 Å². The fourth-order valence-corrected chi connectivity index (χ4v) is 1.15. The normalized spacial score (nSPS) is 10.5. The van der Waals surface area contributed by atoms with E-state index in [1.807, 2.05) is 6.92 Å². The van der Waals surface area contributed by atoms with Crippen LogP contribution in [0.4, 0.5) is 0 Å². The molecule has 0 heterocycles. The van der Waals surface area contributed by atoms with E-state index in [0.29, 0.717) is 0 Å². The summed E-state index contributed by atoms with van der Waals surface area (Å²) in [6.45, 7) is 1.83. The van der Waals surface area contributed by atoms with Gasteiger partial charge in [-0.25, -0.2) is 13.6 Å². The second-order valence-corrected chi connectivity index (χ2v) is 3.81. The van der Waals surface area contributed by atoms with Gasteiger partial charge in [-0.2, -0.15) is 29.8 Å². The molecule has 0 aromatic heterocycles. The number of hydrogen-bond acceptors (Lipinski definition) is 2. The van der Waals surface area contributed by atoms with Gasteiger partial charge in [0.2, 0.25) is 0 Å². The van der Waals surface area contributed by atoms with Crippen molar-refractivity contribution < 1.29 is 38.0 Å². The number of hydrogen-bond donors (Lipinski definition) is 1. The van der Waals surface area contributed by atoms with Gasteiger partial charge in [-0.15, -0.1) is 0 Å². The van der Waals surface area contributed by atoms with Crippen LogP contribution in [0.3, 0.4) is 0 Å². The Hall–Kier alpha value is 0.130. The summed E-state index contributed by atoms with van der Waals surface area (Å²) in [5.41, 5.74) is 0.886. The zero-order chi connectivity index (χ0) is 8.48. The molecule has 1 aromatic carbocycles. The van der Waals surface area contributed by atoms with E-state index < -0.39 is 10.0 Å². The summed E-state index contributed by atoms with van der Waals surface area (Å²) in [6.07, 6.45) is 0. The maximum absolute atomic E-state index is 10.7. The maximum atomic E-state index is 10.7. The van der Waals surface area contributed by atoms with Crippen molar-refractivity contribution in [3.63, 3.8) is 0 Å². The molecule has 0 amide bonds. The van der Waals surface area contributed by atoms with Gasteiger partial charge in [-0.1, -0.05) is 6.92 Å². The molecule has 0 unspecified atom stereocenters. The average Bonchev–Trinajstić information content (AvgIpc) is 1.86. The predicted molar refractivity (Wildman–Crippen MR) is 41.4 cm³/mol. The molecule has 60 valence electrons. The van der Waals surface area contributed by atoms with E-state index >= 15 is 0 Å². The Kier molecular flexibility index (Phi) is 4.44. The quantitative estimate of drug-likeness (QED) is 0.394. The molecule has 0 fully saturated rings. The fourth-order valence-electron chi connectivity index (χ4n) is 0.665. The SMILES string of the molecule is Cc1[c-]cc(S(N)(=O)=O)cc1.[Na+]. The molecular weight excluding hydrogens is 185 g/mol. The first kappa shape index (κ1) is 12.1. The Bertz CT molecular complexity index is 344. The van der Waals surface area contributed by atoms with Crippen LogP contribution in [0.25, 0.3) is 0 Å². The Balaban J connectivity index is 0.00000121. The number of rotatable bonds is 1. The Labute approximate surface area is 94.3 Å². The van der Waals surface area contributed by atoms with E-state index in [1.54, 1.807) is 6.07 Å². The Morgan fingerprint density at radius 1 is 1.42 bits per heavy atom. The van der Waals surface area contributed by atoms with Gasteiger partial charge < -0.3 is 0 Å². The minimum Gasteiger partial charge on any atom is -0.235 e. The zero-order valence-corrected chi connectivity index (χ0v) is 9.85. The molecule has 0 spiro atoms. The molecule has 0 aliphatic carbocycles. The largest absolute Gasteiger partial charge is 1.00 e. The molecule has 0 atom stereocenters. The van der Waals surface area contributed by atoms with Gasteiger partial charge in [0, 0.05) is 0 Å². The van der Waals surface area contributed by atoms with E-state index in [4.69, 9.17) is 5.14 Å². The summed E-state index contributed by atoms with van der Waals surface area (Å²) in [6, 6.07) is 7.22. The van der Waals surface area contributed by atoms with Crippen molar-refractivity contribution in [2.45, 2.75) is 11.8 Å². The number of benzene rings is 1. The van der Waals surface area contributed by atoms with Crippen molar-refractivity contribution in [1.82, 2.24) is 0 Å². The van der Waals surface area contributed by atoms with E-state index in [-0.39, 0.29) is 34.5 Å². The minimum absolute atomic E-state index is 0. The van der Waals surface area contributed by atoms with Crippen molar-refractivity contribution in [1.29, 1.82) is 0 Å². The van der Waals surface area contributed by atoms with E-state index in [2.05, 4.69) is 6.07 Å². The minimum atomic E-state index is -3.55. The van der Waals surface area contributed by atoms with Gasteiger partial charge in [0.25, 0.3) is 0 Å². The first-order chi connectivity index (χ1) is 5.00. The van der Waals surface area contributed by atoms with Gasteiger partial charge in [-0.05, 0) is 4.90 Å². The Morgan fingerprint density at radius 2 is 2.00 bits per heavy atom. The number of aryl methyl sites for hydroxylation is 1. The second-order valence-electron chi connectivity index (χ2n) is 2.25. The third-order valence-electron chi connectivity index (χ3n) is 1.27. The Morgan fingerprint density at radius 3 is 2.33 bits per heavy atom. The molecule has 0 aliphatic rings. The average molecular weight is 193 g/mol. The molecule has 12 heavy (non-hydrogen) atoms. The molecule has 0 aliphatic heterocycles. The smallest absolute Gasteiger partial charge is 0.235 e. The number of primary sulfonamides is 1. The van der Waals surface area contributed by atoms with Crippen LogP contribution in [-0.4, -0.2) is 8.42 Å². The molecule has 2 N–H and O–H groups in total.